The molecule has 19 heavy (non-hydrogen) atoms. The van der Waals surface area contributed by atoms with Crippen molar-refractivity contribution in [1.82, 2.24) is 9.55 Å². The van der Waals surface area contributed by atoms with Crippen LogP contribution >= 0.6 is 11.6 Å². The number of hydrogen-bond acceptors (Lipinski definition) is 2. The van der Waals surface area contributed by atoms with Crippen molar-refractivity contribution in [3.63, 3.8) is 0 Å². The maximum atomic E-state index is 13.2. The lowest BCUT2D eigenvalue weighted by Gasteiger charge is -2.12. The molecule has 5 heteroatoms. The second-order valence-electron chi connectivity index (χ2n) is 4.71. The molecule has 0 radical (unpaired) electrons. The first-order valence-corrected chi connectivity index (χ1v) is 6.65. The third-order valence-electron chi connectivity index (χ3n) is 3.05. The maximum Gasteiger partial charge on any atom is 0.141 e. The number of aryl methyl sites for hydroxylation is 1. The molecule has 0 fully saturated rings. The number of benzene rings is 1. The molecular formula is C14H17ClFN3. The molecule has 1 aromatic carbocycles. The summed E-state index contributed by atoms with van der Waals surface area (Å²) < 4.78 is 15.2. The van der Waals surface area contributed by atoms with Crippen molar-refractivity contribution >= 4 is 17.4 Å². The molecule has 1 heterocycles. The second kappa shape index (κ2) is 5.21. The first kappa shape index (κ1) is 13.9. The fourth-order valence-corrected chi connectivity index (χ4v) is 2.36. The van der Waals surface area contributed by atoms with Crippen molar-refractivity contribution in [1.29, 1.82) is 0 Å². The highest BCUT2D eigenvalue weighted by molar-refractivity contribution is 6.31. The van der Waals surface area contributed by atoms with Crippen LogP contribution in [0, 0.1) is 5.82 Å². The number of nitrogens with two attached hydrogens (primary N) is 1. The van der Waals surface area contributed by atoms with Crippen LogP contribution in [-0.4, -0.2) is 9.55 Å². The molecule has 0 bridgehead atoms. The summed E-state index contributed by atoms with van der Waals surface area (Å²) in [6, 6.07) is 4.76. The minimum atomic E-state index is -0.442. The maximum absolute atomic E-state index is 13.2. The molecule has 0 saturated heterocycles. The van der Waals surface area contributed by atoms with E-state index in [4.69, 9.17) is 17.3 Å². The average molecular weight is 282 g/mol. The van der Waals surface area contributed by atoms with Gasteiger partial charge < -0.3 is 10.3 Å². The Kier molecular flexibility index (Phi) is 3.80. The Morgan fingerprint density at radius 3 is 2.58 bits per heavy atom. The number of nitrogens with zero attached hydrogens (tertiary/aromatic N) is 2. The fraction of sp³-hybridized carbons (Fsp3) is 0.357. The Hall–Kier alpha value is -1.55. The minimum absolute atomic E-state index is 0.0778. The first-order valence-electron chi connectivity index (χ1n) is 6.27. The largest absolute Gasteiger partial charge is 0.383 e. The van der Waals surface area contributed by atoms with E-state index in [1.54, 1.807) is 12.1 Å². The number of hydrogen-bond donors (Lipinski definition) is 1. The summed E-state index contributed by atoms with van der Waals surface area (Å²) in [5.74, 6) is 1.07. The Morgan fingerprint density at radius 2 is 2.11 bits per heavy atom. The van der Waals surface area contributed by atoms with Crippen molar-refractivity contribution in [2.45, 2.75) is 33.2 Å². The normalized spacial score (nSPS) is 11.3. The molecule has 0 spiro atoms. The van der Waals surface area contributed by atoms with E-state index in [0.29, 0.717) is 11.5 Å². The van der Waals surface area contributed by atoms with Gasteiger partial charge in [0.1, 0.15) is 23.2 Å². The van der Waals surface area contributed by atoms with Crippen molar-refractivity contribution in [3.05, 3.63) is 34.9 Å². The van der Waals surface area contributed by atoms with Crippen LogP contribution in [0.1, 0.15) is 32.6 Å². The van der Waals surface area contributed by atoms with Gasteiger partial charge in [0.25, 0.3) is 0 Å². The highest BCUT2D eigenvalue weighted by Crippen LogP contribution is 2.31. The monoisotopic (exact) mass is 281 g/mol. The van der Waals surface area contributed by atoms with Crippen molar-refractivity contribution in [2.75, 3.05) is 5.73 Å². The quantitative estimate of drug-likeness (QED) is 0.922. The van der Waals surface area contributed by atoms with Gasteiger partial charge in [0, 0.05) is 18.0 Å². The molecule has 2 rings (SSSR count). The van der Waals surface area contributed by atoms with Crippen molar-refractivity contribution in [3.8, 4) is 11.3 Å². The lowest BCUT2D eigenvalue weighted by molar-refractivity contribution is 0.579. The first-order chi connectivity index (χ1) is 8.95. The van der Waals surface area contributed by atoms with Gasteiger partial charge in [-0.3, -0.25) is 0 Å². The van der Waals surface area contributed by atoms with Crippen LogP contribution in [0.25, 0.3) is 11.3 Å². The van der Waals surface area contributed by atoms with Crippen LogP contribution in [0.4, 0.5) is 10.2 Å². The zero-order valence-corrected chi connectivity index (χ0v) is 12.0. The van der Waals surface area contributed by atoms with Crippen LogP contribution in [0.2, 0.25) is 5.02 Å². The predicted molar refractivity (Wildman–Crippen MR) is 76.8 cm³/mol. The third-order valence-corrected chi connectivity index (χ3v) is 3.34. The predicted octanol–water partition coefficient (Wildman–Crippen LogP) is 4.07. The fourth-order valence-electron chi connectivity index (χ4n) is 2.17. The van der Waals surface area contributed by atoms with E-state index in [0.717, 1.165) is 17.8 Å². The van der Waals surface area contributed by atoms with Gasteiger partial charge in [-0.25, -0.2) is 9.37 Å². The SMILES string of the molecule is CCc1nc(-c2ccc(F)c(Cl)c2)c(N)n1C(C)C. The zero-order valence-electron chi connectivity index (χ0n) is 11.2. The van der Waals surface area contributed by atoms with Gasteiger partial charge in [-0.2, -0.15) is 0 Å². The van der Waals surface area contributed by atoms with Gasteiger partial charge >= 0.3 is 0 Å². The van der Waals surface area contributed by atoms with Crippen molar-refractivity contribution < 1.29 is 4.39 Å². The summed E-state index contributed by atoms with van der Waals surface area (Å²) in [5, 5.41) is 0.0778. The molecule has 0 amide bonds. The topological polar surface area (TPSA) is 43.8 Å². The summed E-state index contributed by atoms with van der Waals surface area (Å²) in [7, 11) is 0. The van der Waals surface area contributed by atoms with E-state index in [-0.39, 0.29) is 11.1 Å². The lowest BCUT2D eigenvalue weighted by Crippen LogP contribution is -2.08. The number of aromatic nitrogens is 2. The molecule has 102 valence electrons. The van der Waals surface area contributed by atoms with E-state index in [1.807, 2.05) is 11.5 Å². The molecule has 0 saturated carbocycles. The highest BCUT2D eigenvalue weighted by Gasteiger charge is 2.17. The second-order valence-corrected chi connectivity index (χ2v) is 5.12. The van der Waals surface area contributed by atoms with E-state index < -0.39 is 5.82 Å². The van der Waals surface area contributed by atoms with Crippen LogP contribution in [-0.2, 0) is 6.42 Å². The van der Waals surface area contributed by atoms with E-state index in [9.17, 15) is 4.39 Å². The Balaban J connectivity index is 2.59. The molecule has 0 aliphatic carbocycles. The number of halogens is 2. The Labute approximate surface area is 117 Å². The van der Waals surface area contributed by atoms with E-state index in [1.165, 1.54) is 6.07 Å². The molecule has 0 aliphatic rings. The standard InChI is InChI=1S/C14H17ClFN3/c1-4-12-18-13(14(17)19(12)8(2)3)9-5-6-11(16)10(15)7-9/h5-8H,4,17H2,1-3H3. The third kappa shape index (κ3) is 2.45. The van der Waals surface area contributed by atoms with Crippen LogP contribution in [0.5, 0.6) is 0 Å². The van der Waals surface area contributed by atoms with Crippen LogP contribution in [0.15, 0.2) is 18.2 Å². The number of nitrogen functional groups attached to an aromatic ring is 1. The zero-order chi connectivity index (χ0) is 14.2. The number of anilines is 1. The summed E-state index contributed by atoms with van der Waals surface area (Å²) in [6.45, 7) is 6.14. The van der Waals surface area contributed by atoms with Crippen LogP contribution < -0.4 is 5.73 Å². The average Bonchev–Trinajstić information content (AvgIpc) is 2.70. The van der Waals surface area contributed by atoms with Gasteiger partial charge in [0.15, 0.2) is 0 Å². The molecule has 0 aliphatic heterocycles. The molecule has 1 aromatic heterocycles. The lowest BCUT2D eigenvalue weighted by atomic mass is 10.1. The number of rotatable bonds is 3. The van der Waals surface area contributed by atoms with Gasteiger partial charge in [-0.05, 0) is 32.0 Å². The smallest absolute Gasteiger partial charge is 0.141 e. The minimum Gasteiger partial charge on any atom is -0.383 e. The highest BCUT2D eigenvalue weighted by atomic mass is 35.5. The Bertz CT molecular complexity index is 605. The van der Waals surface area contributed by atoms with E-state index >= 15 is 0 Å². The molecule has 2 N–H and O–H groups in total. The molecule has 2 aromatic rings. The van der Waals surface area contributed by atoms with E-state index in [2.05, 4.69) is 18.8 Å². The van der Waals surface area contributed by atoms with Crippen LogP contribution in [0.3, 0.4) is 0 Å². The summed E-state index contributed by atoms with van der Waals surface area (Å²) >= 11 is 5.81. The summed E-state index contributed by atoms with van der Waals surface area (Å²) in [4.78, 5) is 4.55. The van der Waals surface area contributed by atoms with Gasteiger partial charge in [0.2, 0.25) is 0 Å². The van der Waals surface area contributed by atoms with Gasteiger partial charge in [0.05, 0.1) is 5.02 Å². The molecule has 0 unspecified atom stereocenters. The van der Waals surface area contributed by atoms with Gasteiger partial charge in [-0.1, -0.05) is 18.5 Å². The molecular weight excluding hydrogens is 265 g/mol. The summed E-state index contributed by atoms with van der Waals surface area (Å²) in [5.41, 5.74) is 7.56. The summed E-state index contributed by atoms with van der Waals surface area (Å²) in [6.07, 6.45) is 0.789. The Morgan fingerprint density at radius 1 is 1.42 bits per heavy atom. The van der Waals surface area contributed by atoms with Gasteiger partial charge in [-0.15, -0.1) is 0 Å². The molecule has 0 atom stereocenters. The van der Waals surface area contributed by atoms with Crippen molar-refractivity contribution in [2.24, 2.45) is 0 Å². The number of imidazole rings is 1. The molecule has 3 nitrogen and oxygen atoms in total.